The molecule has 1 atom stereocenters. The lowest BCUT2D eigenvalue weighted by Crippen LogP contribution is -2.34. The number of amides is 1. The number of carbonyl (C=O) groups excluding carboxylic acids is 1. The number of phenolic OH excluding ortho intramolecular Hbond substituents is 1. The Labute approximate surface area is 134 Å². The van der Waals surface area contributed by atoms with Gasteiger partial charge in [-0.25, -0.2) is 5.43 Å². The van der Waals surface area contributed by atoms with Gasteiger partial charge < -0.3 is 15.2 Å². The van der Waals surface area contributed by atoms with E-state index in [1.165, 1.54) is 6.21 Å². The quantitative estimate of drug-likeness (QED) is 0.565. The lowest BCUT2D eigenvalue weighted by atomic mass is 10.2. The molecule has 1 unspecified atom stereocenters. The molecule has 0 aliphatic carbocycles. The van der Waals surface area contributed by atoms with Crippen molar-refractivity contribution < 1.29 is 14.6 Å². The zero-order valence-electron chi connectivity index (χ0n) is 13.0. The minimum atomic E-state index is -0.444. The van der Waals surface area contributed by atoms with Gasteiger partial charge in [-0.2, -0.15) is 5.10 Å². The minimum absolute atomic E-state index is 0.184. The fraction of sp³-hybridized carbons (Fsp3) is 0.176. The number of phenols is 1. The lowest BCUT2D eigenvalue weighted by molar-refractivity contribution is -0.121. The van der Waals surface area contributed by atoms with Crippen molar-refractivity contribution >= 4 is 17.8 Å². The fourth-order valence-corrected chi connectivity index (χ4v) is 1.83. The van der Waals surface area contributed by atoms with Gasteiger partial charge in [0.1, 0.15) is 17.5 Å². The van der Waals surface area contributed by atoms with Crippen molar-refractivity contribution in [3.8, 4) is 11.5 Å². The number of nitrogens with zero attached hydrogens (tertiary/aromatic N) is 1. The normalized spacial score (nSPS) is 11.9. The van der Waals surface area contributed by atoms with Crippen LogP contribution in [0.3, 0.4) is 0 Å². The zero-order valence-corrected chi connectivity index (χ0v) is 13.0. The van der Waals surface area contributed by atoms with Crippen molar-refractivity contribution in [2.75, 3.05) is 12.4 Å². The Morgan fingerprint density at radius 1 is 1.17 bits per heavy atom. The van der Waals surface area contributed by atoms with Gasteiger partial charge >= 0.3 is 0 Å². The monoisotopic (exact) mass is 313 g/mol. The molecule has 0 aliphatic heterocycles. The van der Waals surface area contributed by atoms with E-state index >= 15 is 0 Å². The van der Waals surface area contributed by atoms with Crippen LogP contribution in [0.5, 0.6) is 11.5 Å². The molecule has 0 fully saturated rings. The van der Waals surface area contributed by atoms with Crippen LogP contribution in [0.2, 0.25) is 0 Å². The Kier molecular flexibility index (Phi) is 5.57. The molecule has 0 heterocycles. The highest BCUT2D eigenvalue weighted by molar-refractivity contribution is 5.86. The Bertz CT molecular complexity index is 666. The molecule has 0 aromatic heterocycles. The summed E-state index contributed by atoms with van der Waals surface area (Å²) >= 11 is 0. The second-order valence-corrected chi connectivity index (χ2v) is 4.92. The molecular weight excluding hydrogens is 294 g/mol. The van der Waals surface area contributed by atoms with E-state index in [1.807, 2.05) is 24.3 Å². The fourth-order valence-electron chi connectivity index (χ4n) is 1.83. The van der Waals surface area contributed by atoms with Crippen LogP contribution in [0, 0.1) is 0 Å². The number of benzene rings is 2. The second-order valence-electron chi connectivity index (χ2n) is 4.92. The third kappa shape index (κ3) is 5.03. The van der Waals surface area contributed by atoms with Gasteiger partial charge in [0.15, 0.2) is 0 Å². The Hall–Kier alpha value is -3.02. The van der Waals surface area contributed by atoms with Gasteiger partial charge in [0.25, 0.3) is 5.91 Å². The highest BCUT2D eigenvalue weighted by atomic mass is 16.5. The molecule has 1 amide bonds. The molecule has 0 aliphatic rings. The number of nitrogens with one attached hydrogen (secondary N) is 2. The summed E-state index contributed by atoms with van der Waals surface area (Å²) < 4.78 is 5.08. The average molecular weight is 313 g/mol. The number of hydrogen-bond acceptors (Lipinski definition) is 5. The van der Waals surface area contributed by atoms with Crippen LogP contribution in [0.4, 0.5) is 5.69 Å². The van der Waals surface area contributed by atoms with Crippen LogP contribution < -0.4 is 15.5 Å². The molecule has 23 heavy (non-hydrogen) atoms. The summed E-state index contributed by atoms with van der Waals surface area (Å²) in [5, 5.41) is 16.2. The highest BCUT2D eigenvalue weighted by Crippen LogP contribution is 2.15. The number of anilines is 1. The molecule has 0 radical (unpaired) electrons. The maximum Gasteiger partial charge on any atom is 0.262 e. The predicted molar refractivity (Wildman–Crippen MR) is 89.9 cm³/mol. The molecule has 6 heteroatoms. The molecular formula is C17H19N3O3. The van der Waals surface area contributed by atoms with Crippen LogP contribution in [-0.2, 0) is 4.79 Å². The maximum absolute atomic E-state index is 12.0. The standard InChI is InChI=1S/C17H19N3O3/c1-12(19-14-5-9-16(23-2)10-6-14)17(22)20-18-11-13-3-7-15(21)8-4-13/h3-12,19,21H,1-2H3,(H,20,22). The first-order valence-corrected chi connectivity index (χ1v) is 7.11. The molecule has 0 saturated carbocycles. The van der Waals surface area contributed by atoms with E-state index in [1.54, 1.807) is 38.3 Å². The Morgan fingerprint density at radius 3 is 2.43 bits per heavy atom. The van der Waals surface area contributed by atoms with Crippen LogP contribution in [0.15, 0.2) is 53.6 Å². The third-order valence-electron chi connectivity index (χ3n) is 3.15. The second kappa shape index (κ2) is 7.84. The zero-order chi connectivity index (χ0) is 16.7. The summed E-state index contributed by atoms with van der Waals surface area (Å²) in [4.78, 5) is 12.0. The van der Waals surface area contributed by atoms with Gasteiger partial charge in [-0.1, -0.05) is 0 Å². The summed E-state index contributed by atoms with van der Waals surface area (Å²) in [5.41, 5.74) is 4.06. The number of methoxy groups -OCH3 is 1. The van der Waals surface area contributed by atoms with E-state index in [-0.39, 0.29) is 11.7 Å². The smallest absolute Gasteiger partial charge is 0.262 e. The number of hydrogen-bond donors (Lipinski definition) is 3. The molecule has 0 saturated heterocycles. The van der Waals surface area contributed by atoms with Crippen LogP contribution >= 0.6 is 0 Å². The van der Waals surface area contributed by atoms with E-state index in [2.05, 4.69) is 15.8 Å². The number of ether oxygens (including phenoxy) is 1. The third-order valence-corrected chi connectivity index (χ3v) is 3.15. The van der Waals surface area contributed by atoms with E-state index in [4.69, 9.17) is 4.74 Å². The van der Waals surface area contributed by atoms with Crippen LogP contribution in [-0.4, -0.2) is 30.4 Å². The van der Waals surface area contributed by atoms with Crippen molar-refractivity contribution in [1.29, 1.82) is 0 Å². The van der Waals surface area contributed by atoms with Gasteiger partial charge in [0.2, 0.25) is 0 Å². The highest BCUT2D eigenvalue weighted by Gasteiger charge is 2.11. The SMILES string of the molecule is COc1ccc(NC(C)C(=O)NN=Cc2ccc(O)cc2)cc1. The maximum atomic E-state index is 12.0. The van der Waals surface area contributed by atoms with E-state index in [9.17, 15) is 9.90 Å². The van der Waals surface area contributed by atoms with E-state index in [0.29, 0.717) is 0 Å². The first-order chi connectivity index (χ1) is 11.1. The molecule has 2 aromatic carbocycles. The molecule has 0 spiro atoms. The van der Waals surface area contributed by atoms with Gasteiger partial charge in [-0.15, -0.1) is 0 Å². The van der Waals surface area contributed by atoms with Crippen LogP contribution in [0.1, 0.15) is 12.5 Å². The van der Waals surface area contributed by atoms with E-state index < -0.39 is 6.04 Å². The summed E-state index contributed by atoms with van der Waals surface area (Å²) in [5.74, 6) is 0.686. The summed E-state index contributed by atoms with van der Waals surface area (Å²) in [6.45, 7) is 1.75. The number of hydrazone groups is 1. The first-order valence-electron chi connectivity index (χ1n) is 7.11. The van der Waals surface area contributed by atoms with Crippen molar-refractivity contribution in [3.63, 3.8) is 0 Å². The van der Waals surface area contributed by atoms with Gasteiger partial charge in [0.05, 0.1) is 13.3 Å². The number of aromatic hydroxyl groups is 1. The lowest BCUT2D eigenvalue weighted by Gasteiger charge is -2.13. The van der Waals surface area contributed by atoms with Gasteiger partial charge in [0, 0.05) is 5.69 Å². The Balaban J connectivity index is 1.85. The molecule has 120 valence electrons. The molecule has 3 N–H and O–H groups in total. The van der Waals surface area contributed by atoms with Crippen LogP contribution in [0.25, 0.3) is 0 Å². The summed E-state index contributed by atoms with van der Waals surface area (Å²) in [7, 11) is 1.60. The van der Waals surface area contributed by atoms with Crippen molar-refractivity contribution in [2.45, 2.75) is 13.0 Å². The van der Waals surface area contributed by atoms with E-state index in [0.717, 1.165) is 17.0 Å². The molecule has 2 aromatic rings. The van der Waals surface area contributed by atoms with Crippen molar-refractivity contribution in [3.05, 3.63) is 54.1 Å². The molecule has 0 bridgehead atoms. The van der Waals surface area contributed by atoms with Gasteiger partial charge in [-0.05, 0) is 61.0 Å². The molecule has 2 rings (SSSR count). The number of rotatable bonds is 6. The van der Waals surface area contributed by atoms with Crippen molar-refractivity contribution in [2.24, 2.45) is 5.10 Å². The average Bonchev–Trinajstić information content (AvgIpc) is 2.57. The summed E-state index contributed by atoms with van der Waals surface area (Å²) in [6.07, 6.45) is 1.51. The molecule has 6 nitrogen and oxygen atoms in total. The topological polar surface area (TPSA) is 83.0 Å². The Morgan fingerprint density at radius 2 is 1.83 bits per heavy atom. The van der Waals surface area contributed by atoms with Crippen molar-refractivity contribution in [1.82, 2.24) is 5.43 Å². The first kappa shape index (κ1) is 16.4. The predicted octanol–water partition coefficient (Wildman–Crippen LogP) is 2.35. The van der Waals surface area contributed by atoms with Gasteiger partial charge in [-0.3, -0.25) is 4.79 Å². The summed E-state index contributed by atoms with van der Waals surface area (Å²) in [6, 6.07) is 13.4. The largest absolute Gasteiger partial charge is 0.508 e. The number of carbonyl (C=O) groups is 1. The minimum Gasteiger partial charge on any atom is -0.508 e.